The Hall–Kier alpha value is -0.810. The van der Waals surface area contributed by atoms with Gasteiger partial charge >= 0.3 is 0 Å². The van der Waals surface area contributed by atoms with Crippen molar-refractivity contribution in [1.82, 2.24) is 5.43 Å². The van der Waals surface area contributed by atoms with Crippen LogP contribution in [0.2, 0.25) is 5.02 Å². The van der Waals surface area contributed by atoms with Crippen molar-refractivity contribution >= 4 is 11.6 Å². The van der Waals surface area contributed by atoms with E-state index in [-0.39, 0.29) is 11.6 Å². The summed E-state index contributed by atoms with van der Waals surface area (Å²) in [6.07, 6.45) is 6.85. The summed E-state index contributed by atoms with van der Waals surface area (Å²) in [6, 6.07) is 5.70. The van der Waals surface area contributed by atoms with Gasteiger partial charge in [-0.05, 0) is 30.5 Å². The van der Waals surface area contributed by atoms with Crippen LogP contribution in [0.15, 0.2) is 18.2 Å². The van der Waals surface area contributed by atoms with Gasteiger partial charge in [-0.15, -0.1) is 0 Å². The van der Waals surface area contributed by atoms with E-state index in [0.717, 1.165) is 31.2 Å². The molecule has 0 aromatic heterocycles. The summed E-state index contributed by atoms with van der Waals surface area (Å²) in [5.74, 6) is 6.53. The lowest BCUT2D eigenvalue weighted by Gasteiger charge is -2.39. The van der Waals surface area contributed by atoms with Crippen molar-refractivity contribution in [3.8, 4) is 5.75 Å². The van der Waals surface area contributed by atoms with Crippen molar-refractivity contribution in [2.75, 3.05) is 14.2 Å². The van der Waals surface area contributed by atoms with Crippen LogP contribution in [-0.2, 0) is 4.74 Å². The van der Waals surface area contributed by atoms with Gasteiger partial charge in [-0.1, -0.05) is 43.4 Å². The Bertz CT molecular complexity index is 460. The lowest BCUT2D eigenvalue weighted by molar-refractivity contribution is -0.0541. The van der Waals surface area contributed by atoms with Crippen molar-refractivity contribution in [3.63, 3.8) is 0 Å². The number of nitrogens with one attached hydrogen (secondary N) is 1. The minimum absolute atomic E-state index is 0.0771. The largest absolute Gasteiger partial charge is 0.495 e. The molecular formula is C16H25ClN2O2. The first-order valence-electron chi connectivity index (χ1n) is 7.51. The number of nitrogens with two attached hydrogens (primary N) is 1. The second-order valence-corrected chi connectivity index (χ2v) is 6.08. The van der Waals surface area contributed by atoms with Crippen LogP contribution in [-0.4, -0.2) is 19.8 Å². The number of hydrogen-bond acceptors (Lipinski definition) is 4. The predicted molar refractivity (Wildman–Crippen MR) is 85.5 cm³/mol. The van der Waals surface area contributed by atoms with Gasteiger partial charge in [-0.3, -0.25) is 11.3 Å². The van der Waals surface area contributed by atoms with Crippen LogP contribution >= 0.6 is 11.6 Å². The van der Waals surface area contributed by atoms with Gasteiger partial charge in [0.2, 0.25) is 0 Å². The van der Waals surface area contributed by atoms with Gasteiger partial charge in [0.1, 0.15) is 5.75 Å². The molecule has 4 nitrogen and oxygen atoms in total. The van der Waals surface area contributed by atoms with E-state index in [1.54, 1.807) is 14.2 Å². The standard InChI is InChI=1S/C16H25ClN2O2/c1-20-14-11-12(7-8-13(14)17)15(19-18)16(21-2)9-5-3-4-6-10-16/h7-8,11,15,19H,3-6,9-10,18H2,1-2H3. The molecule has 1 aromatic carbocycles. The quantitative estimate of drug-likeness (QED) is 0.495. The zero-order valence-electron chi connectivity index (χ0n) is 12.8. The summed E-state index contributed by atoms with van der Waals surface area (Å²) in [5, 5.41) is 0.601. The van der Waals surface area contributed by atoms with Gasteiger partial charge < -0.3 is 9.47 Å². The molecule has 0 bridgehead atoms. The van der Waals surface area contributed by atoms with Crippen LogP contribution in [0.5, 0.6) is 5.75 Å². The van der Waals surface area contributed by atoms with Crippen molar-refractivity contribution in [3.05, 3.63) is 28.8 Å². The van der Waals surface area contributed by atoms with Gasteiger partial charge in [0, 0.05) is 7.11 Å². The van der Waals surface area contributed by atoms with Crippen molar-refractivity contribution in [2.45, 2.75) is 50.2 Å². The van der Waals surface area contributed by atoms with Gasteiger partial charge in [0.05, 0.1) is 23.8 Å². The van der Waals surface area contributed by atoms with Crippen molar-refractivity contribution in [2.24, 2.45) is 5.84 Å². The summed E-state index contributed by atoms with van der Waals surface area (Å²) in [5.41, 5.74) is 3.72. The number of methoxy groups -OCH3 is 2. The van der Waals surface area contributed by atoms with E-state index in [4.69, 9.17) is 26.9 Å². The molecule has 0 saturated heterocycles. The smallest absolute Gasteiger partial charge is 0.137 e. The topological polar surface area (TPSA) is 56.5 Å². The molecule has 118 valence electrons. The highest BCUT2D eigenvalue weighted by Gasteiger charge is 2.39. The molecule has 1 aromatic rings. The number of rotatable bonds is 5. The molecule has 1 saturated carbocycles. The van der Waals surface area contributed by atoms with Crippen LogP contribution in [0.3, 0.4) is 0 Å². The first-order chi connectivity index (χ1) is 10.2. The van der Waals surface area contributed by atoms with Gasteiger partial charge in [0.25, 0.3) is 0 Å². The van der Waals surface area contributed by atoms with E-state index < -0.39 is 0 Å². The van der Waals surface area contributed by atoms with E-state index in [2.05, 4.69) is 5.43 Å². The summed E-state index contributed by atoms with van der Waals surface area (Å²) in [4.78, 5) is 0. The van der Waals surface area contributed by atoms with E-state index >= 15 is 0 Å². The van der Waals surface area contributed by atoms with E-state index in [1.165, 1.54) is 12.8 Å². The zero-order valence-corrected chi connectivity index (χ0v) is 13.6. The third-order valence-corrected chi connectivity index (χ3v) is 4.87. The first kappa shape index (κ1) is 16.6. The summed E-state index contributed by atoms with van der Waals surface area (Å²) >= 11 is 6.12. The van der Waals surface area contributed by atoms with Crippen LogP contribution < -0.4 is 16.0 Å². The second-order valence-electron chi connectivity index (χ2n) is 5.68. The molecule has 1 unspecified atom stereocenters. The summed E-state index contributed by atoms with van der Waals surface area (Å²) < 4.78 is 11.3. The van der Waals surface area contributed by atoms with Gasteiger partial charge in [-0.25, -0.2) is 0 Å². The fraction of sp³-hybridized carbons (Fsp3) is 0.625. The molecule has 1 aliphatic carbocycles. The van der Waals surface area contributed by atoms with Crippen LogP contribution in [0.4, 0.5) is 0 Å². The molecule has 1 fully saturated rings. The van der Waals surface area contributed by atoms with Crippen LogP contribution in [0.1, 0.15) is 50.1 Å². The molecule has 21 heavy (non-hydrogen) atoms. The number of benzene rings is 1. The highest BCUT2D eigenvalue weighted by Crippen LogP contribution is 2.41. The number of hydrazine groups is 1. The lowest BCUT2D eigenvalue weighted by Crippen LogP contribution is -2.47. The van der Waals surface area contributed by atoms with Gasteiger partial charge in [-0.2, -0.15) is 0 Å². The predicted octanol–water partition coefficient (Wildman–Crippen LogP) is 3.59. The van der Waals surface area contributed by atoms with Crippen LogP contribution in [0, 0.1) is 0 Å². The highest BCUT2D eigenvalue weighted by molar-refractivity contribution is 6.32. The summed E-state index contributed by atoms with van der Waals surface area (Å²) in [7, 11) is 3.40. The van der Waals surface area contributed by atoms with Gasteiger partial charge in [0.15, 0.2) is 0 Å². The van der Waals surface area contributed by atoms with Crippen molar-refractivity contribution < 1.29 is 9.47 Å². The Balaban J connectivity index is 2.36. The van der Waals surface area contributed by atoms with E-state index in [0.29, 0.717) is 10.8 Å². The minimum Gasteiger partial charge on any atom is -0.495 e. The number of ether oxygens (including phenoxy) is 2. The number of hydrogen-bond donors (Lipinski definition) is 2. The maximum atomic E-state index is 6.12. The average Bonchev–Trinajstić information content (AvgIpc) is 2.76. The molecule has 0 radical (unpaired) electrons. The molecule has 0 heterocycles. The molecule has 1 atom stereocenters. The average molecular weight is 313 g/mol. The third-order valence-electron chi connectivity index (χ3n) is 4.56. The molecule has 0 spiro atoms. The SMILES string of the molecule is COc1cc(C(NN)C2(OC)CCCCCC2)ccc1Cl. The number of halogens is 1. The lowest BCUT2D eigenvalue weighted by atomic mass is 9.82. The Morgan fingerprint density at radius 3 is 2.38 bits per heavy atom. The first-order valence-corrected chi connectivity index (χ1v) is 7.89. The second kappa shape index (κ2) is 7.45. The normalized spacial score (nSPS) is 19.8. The third kappa shape index (κ3) is 3.51. The molecular weight excluding hydrogens is 288 g/mol. The van der Waals surface area contributed by atoms with E-state index in [1.807, 2.05) is 18.2 Å². The molecule has 5 heteroatoms. The fourth-order valence-electron chi connectivity index (χ4n) is 3.35. The Labute approximate surface area is 131 Å². The van der Waals surface area contributed by atoms with Crippen molar-refractivity contribution in [1.29, 1.82) is 0 Å². The molecule has 2 rings (SSSR count). The zero-order chi connectivity index (χ0) is 15.3. The molecule has 0 amide bonds. The highest BCUT2D eigenvalue weighted by atomic mass is 35.5. The maximum Gasteiger partial charge on any atom is 0.137 e. The molecule has 3 N–H and O–H groups in total. The van der Waals surface area contributed by atoms with Crippen LogP contribution in [0.25, 0.3) is 0 Å². The summed E-state index contributed by atoms with van der Waals surface area (Å²) in [6.45, 7) is 0. The monoisotopic (exact) mass is 312 g/mol. The minimum atomic E-state index is -0.274. The molecule has 0 aliphatic heterocycles. The Morgan fingerprint density at radius 2 is 1.86 bits per heavy atom. The van der Waals surface area contributed by atoms with E-state index in [9.17, 15) is 0 Å². The maximum absolute atomic E-state index is 6.12. The molecule has 1 aliphatic rings. The Morgan fingerprint density at radius 1 is 1.19 bits per heavy atom. The Kier molecular flexibility index (Phi) is 5.88. The fourth-order valence-corrected chi connectivity index (χ4v) is 3.54.